The van der Waals surface area contributed by atoms with Crippen LogP contribution in [0.1, 0.15) is 36.0 Å². The second-order valence-electron chi connectivity index (χ2n) is 8.87. The van der Waals surface area contributed by atoms with Gasteiger partial charge in [-0.05, 0) is 37.1 Å². The summed E-state index contributed by atoms with van der Waals surface area (Å²) in [6.45, 7) is 0.697. The van der Waals surface area contributed by atoms with Crippen LogP contribution in [0, 0.1) is 5.82 Å². The molecule has 5 rings (SSSR count). The molecule has 2 aliphatic rings. The van der Waals surface area contributed by atoms with Gasteiger partial charge in [-0.1, -0.05) is 12.8 Å². The van der Waals surface area contributed by atoms with Crippen LogP contribution >= 0.6 is 0 Å². The number of benzene rings is 2. The second kappa shape index (κ2) is 8.68. The average molecular weight is 483 g/mol. The fraction of sp³-hybridized carbons (Fsp3) is 0.360. The molecule has 2 heterocycles. The number of fused-ring (bicyclic) bond motifs is 1. The lowest BCUT2D eigenvalue weighted by Crippen LogP contribution is -2.42. The molecule has 1 fully saturated rings. The maximum absolute atomic E-state index is 15.4. The Balaban J connectivity index is 1.53. The highest BCUT2D eigenvalue weighted by atomic mass is 19.1. The van der Waals surface area contributed by atoms with Crippen molar-refractivity contribution in [2.75, 3.05) is 37.9 Å². The molecule has 0 unspecified atom stereocenters. The van der Waals surface area contributed by atoms with Gasteiger partial charge in [0.2, 0.25) is 5.43 Å². The van der Waals surface area contributed by atoms with Crippen molar-refractivity contribution in [3.63, 3.8) is 0 Å². The van der Waals surface area contributed by atoms with E-state index in [0.717, 1.165) is 25.7 Å². The van der Waals surface area contributed by atoms with Gasteiger partial charge in [-0.2, -0.15) is 0 Å². The first kappa shape index (κ1) is 22.8. The molecule has 0 saturated heterocycles. The van der Waals surface area contributed by atoms with Crippen LogP contribution in [0.4, 0.5) is 15.8 Å². The Bertz CT molecular complexity index is 1360. The number of carbonyl (C=O) groups is 1. The van der Waals surface area contributed by atoms with E-state index >= 15 is 4.39 Å². The third-order valence-electron chi connectivity index (χ3n) is 6.87. The Morgan fingerprint density at radius 1 is 1.26 bits per heavy atom. The van der Waals surface area contributed by atoms with Gasteiger partial charge in [0.15, 0.2) is 11.6 Å². The van der Waals surface area contributed by atoms with E-state index in [-0.39, 0.29) is 36.6 Å². The number of nitrogens with one attached hydrogen (secondary N) is 1. The third kappa shape index (κ3) is 3.69. The second-order valence-corrected chi connectivity index (χ2v) is 8.87. The van der Waals surface area contributed by atoms with Crippen LogP contribution < -0.4 is 30.7 Å². The number of carboxylic acid groups (broad SMARTS) is 1. The molecule has 0 amide bonds. The first-order chi connectivity index (χ1) is 16.9. The molecule has 0 atom stereocenters. The van der Waals surface area contributed by atoms with Crippen molar-refractivity contribution in [1.82, 2.24) is 4.57 Å². The third-order valence-corrected chi connectivity index (χ3v) is 6.87. The number of nitrogens with zero attached hydrogens (tertiary/aromatic N) is 1. The number of hydrogen-bond acceptors (Lipinski definition) is 7. The summed E-state index contributed by atoms with van der Waals surface area (Å²) in [6, 6.07) is 7.07. The monoisotopic (exact) mass is 483 g/mol. The standard InChI is InChI=1S/C25H26FN3O6/c1-33-14-4-6-15(7-5-14)34-11-10-28-20-18(26)19(27)17-21-23(20)35-13-25(8-2-3-9-25)29(21)12-16(22(17)30)24(31)32/h4-7,12,28H,2-3,8-11,13,27H2,1H3,(H,31,32). The van der Waals surface area contributed by atoms with Crippen LogP contribution in [0.3, 0.4) is 0 Å². The number of aromatic nitrogens is 1. The number of aromatic carboxylic acids is 1. The van der Waals surface area contributed by atoms with Crippen molar-refractivity contribution < 1.29 is 28.5 Å². The number of rotatable bonds is 7. The molecule has 2 aromatic carbocycles. The summed E-state index contributed by atoms with van der Waals surface area (Å²) in [5.41, 5.74) is 4.29. The topological polar surface area (TPSA) is 125 Å². The fourth-order valence-electron chi connectivity index (χ4n) is 5.09. The summed E-state index contributed by atoms with van der Waals surface area (Å²) in [5.74, 6) is -0.743. The van der Waals surface area contributed by atoms with E-state index in [1.165, 1.54) is 6.20 Å². The van der Waals surface area contributed by atoms with E-state index in [9.17, 15) is 14.7 Å². The molecule has 1 aliphatic carbocycles. The van der Waals surface area contributed by atoms with Gasteiger partial charge in [0.05, 0.1) is 29.2 Å². The van der Waals surface area contributed by atoms with Crippen molar-refractivity contribution in [1.29, 1.82) is 0 Å². The van der Waals surface area contributed by atoms with Crippen molar-refractivity contribution in [2.24, 2.45) is 0 Å². The van der Waals surface area contributed by atoms with Crippen LogP contribution in [0.15, 0.2) is 35.3 Å². The molecule has 4 N–H and O–H groups in total. The number of methoxy groups -OCH3 is 1. The zero-order valence-corrected chi connectivity index (χ0v) is 19.2. The van der Waals surface area contributed by atoms with Gasteiger partial charge < -0.3 is 34.9 Å². The minimum absolute atomic E-state index is 0.0254. The molecule has 0 bridgehead atoms. The minimum Gasteiger partial charge on any atom is -0.497 e. The lowest BCUT2D eigenvalue weighted by molar-refractivity contribution is 0.0692. The van der Waals surface area contributed by atoms with Crippen LogP contribution in [0.25, 0.3) is 10.9 Å². The molecule has 1 spiro atoms. The molecule has 9 nitrogen and oxygen atoms in total. The summed E-state index contributed by atoms with van der Waals surface area (Å²) in [6.07, 6.45) is 4.77. The lowest BCUT2D eigenvalue weighted by Gasteiger charge is -2.39. The van der Waals surface area contributed by atoms with Gasteiger partial charge in [-0.3, -0.25) is 4.79 Å². The predicted octanol–water partition coefficient (Wildman–Crippen LogP) is 3.58. The molecular formula is C25H26FN3O6. The normalized spacial score (nSPS) is 15.7. The molecule has 0 radical (unpaired) electrons. The Morgan fingerprint density at radius 3 is 2.60 bits per heavy atom. The smallest absolute Gasteiger partial charge is 0.341 e. The van der Waals surface area contributed by atoms with E-state index in [1.807, 2.05) is 0 Å². The number of pyridine rings is 1. The minimum atomic E-state index is -1.38. The number of anilines is 2. The molecular weight excluding hydrogens is 457 g/mol. The first-order valence-electron chi connectivity index (χ1n) is 11.4. The molecule has 3 aromatic rings. The molecule has 184 valence electrons. The first-order valence-corrected chi connectivity index (χ1v) is 11.4. The Hall–Kier alpha value is -3.95. The Labute approximate surface area is 200 Å². The van der Waals surface area contributed by atoms with Gasteiger partial charge in [0.1, 0.15) is 36.0 Å². The fourth-order valence-corrected chi connectivity index (χ4v) is 5.09. The van der Waals surface area contributed by atoms with E-state index < -0.39 is 34.0 Å². The predicted molar refractivity (Wildman–Crippen MR) is 128 cm³/mol. The highest BCUT2D eigenvalue weighted by Crippen LogP contribution is 2.48. The van der Waals surface area contributed by atoms with Crippen LogP contribution in [0.5, 0.6) is 17.2 Å². The van der Waals surface area contributed by atoms with Crippen molar-refractivity contribution in [3.8, 4) is 17.2 Å². The molecule has 1 aromatic heterocycles. The van der Waals surface area contributed by atoms with Gasteiger partial charge in [-0.25, -0.2) is 9.18 Å². The molecule has 35 heavy (non-hydrogen) atoms. The van der Waals surface area contributed by atoms with Gasteiger partial charge >= 0.3 is 5.97 Å². The molecule has 10 heteroatoms. The van der Waals surface area contributed by atoms with Crippen molar-refractivity contribution in [2.45, 2.75) is 31.2 Å². The van der Waals surface area contributed by atoms with Gasteiger partial charge in [-0.15, -0.1) is 0 Å². The van der Waals surface area contributed by atoms with Crippen LogP contribution in [-0.4, -0.2) is 42.5 Å². The quantitative estimate of drug-likeness (QED) is 0.344. The Morgan fingerprint density at radius 2 is 1.94 bits per heavy atom. The SMILES string of the molecule is COc1ccc(OCCNc2c(F)c(N)c3c(=O)c(C(=O)O)cn4c3c2OCC42CCCC2)cc1. The van der Waals surface area contributed by atoms with E-state index in [0.29, 0.717) is 17.0 Å². The number of carboxylic acids is 1. The number of halogens is 1. The number of ether oxygens (including phenoxy) is 3. The summed E-state index contributed by atoms with van der Waals surface area (Å²) in [5, 5.41) is 12.5. The number of hydrogen-bond donors (Lipinski definition) is 3. The van der Waals surface area contributed by atoms with Crippen molar-refractivity contribution in [3.05, 3.63) is 52.1 Å². The summed E-state index contributed by atoms with van der Waals surface area (Å²) < 4.78 is 34.1. The highest BCUT2D eigenvalue weighted by Gasteiger charge is 2.43. The van der Waals surface area contributed by atoms with Crippen molar-refractivity contribution >= 4 is 28.2 Å². The zero-order valence-electron chi connectivity index (χ0n) is 19.2. The summed E-state index contributed by atoms with van der Waals surface area (Å²) in [7, 11) is 1.58. The summed E-state index contributed by atoms with van der Waals surface area (Å²) >= 11 is 0. The Kier molecular flexibility index (Phi) is 5.66. The summed E-state index contributed by atoms with van der Waals surface area (Å²) in [4.78, 5) is 24.8. The highest BCUT2D eigenvalue weighted by molar-refractivity contribution is 6.03. The maximum atomic E-state index is 15.4. The lowest BCUT2D eigenvalue weighted by atomic mass is 9.93. The van der Waals surface area contributed by atoms with E-state index in [2.05, 4.69) is 5.32 Å². The van der Waals surface area contributed by atoms with E-state index in [1.54, 1.807) is 35.9 Å². The maximum Gasteiger partial charge on any atom is 0.341 e. The average Bonchev–Trinajstić information content (AvgIpc) is 3.33. The zero-order chi connectivity index (χ0) is 24.7. The number of nitrogens with two attached hydrogens (primary N) is 1. The molecule has 1 saturated carbocycles. The van der Waals surface area contributed by atoms with E-state index in [4.69, 9.17) is 19.9 Å². The largest absolute Gasteiger partial charge is 0.497 e. The van der Waals surface area contributed by atoms with Crippen LogP contribution in [-0.2, 0) is 5.54 Å². The van der Waals surface area contributed by atoms with Crippen LogP contribution in [0.2, 0.25) is 0 Å². The molecule has 1 aliphatic heterocycles. The van der Waals surface area contributed by atoms with Gasteiger partial charge in [0.25, 0.3) is 0 Å². The van der Waals surface area contributed by atoms with Gasteiger partial charge in [0, 0.05) is 12.7 Å². The number of nitrogen functional groups attached to an aromatic ring is 1.